The van der Waals surface area contributed by atoms with Gasteiger partial charge < -0.3 is 49.0 Å². The number of fused-ring (bicyclic) bond motifs is 3. The third-order valence-corrected chi connectivity index (χ3v) is 15.3. The third kappa shape index (κ3) is 16.6. The molecule has 4 rings (SSSR count). The topological polar surface area (TPSA) is 216 Å². The van der Waals surface area contributed by atoms with Crippen LogP contribution in [0.5, 0.6) is 0 Å². The number of allylic oxidation sites excluding steroid dienone is 6. The van der Waals surface area contributed by atoms with E-state index in [2.05, 4.69) is 0 Å². The summed E-state index contributed by atoms with van der Waals surface area (Å²) in [5, 5.41) is 43.4. The van der Waals surface area contributed by atoms with Crippen molar-refractivity contribution in [3.63, 3.8) is 0 Å². The number of hydrogen-bond donors (Lipinski definition) is 4. The second-order valence-corrected chi connectivity index (χ2v) is 21.0. The largest absolute Gasteiger partial charge is 0.460 e. The lowest BCUT2D eigenvalue weighted by atomic mass is 9.78. The van der Waals surface area contributed by atoms with E-state index >= 15 is 0 Å². The number of ether oxygens (including phenoxy) is 5. The van der Waals surface area contributed by atoms with Crippen molar-refractivity contribution in [1.29, 1.82) is 0 Å². The summed E-state index contributed by atoms with van der Waals surface area (Å²) in [5.41, 5.74) is 1.26. The molecule has 1 unspecified atom stereocenters. The number of carbonyl (C=O) groups is 5. The van der Waals surface area contributed by atoms with Gasteiger partial charge >= 0.3 is 5.97 Å². The highest BCUT2D eigenvalue weighted by Crippen LogP contribution is 2.38. The van der Waals surface area contributed by atoms with E-state index in [0.29, 0.717) is 82.8 Å². The number of esters is 1. The van der Waals surface area contributed by atoms with Gasteiger partial charge in [-0.15, -0.1) is 0 Å². The van der Waals surface area contributed by atoms with Crippen molar-refractivity contribution in [3.05, 3.63) is 47.6 Å². The summed E-state index contributed by atoms with van der Waals surface area (Å²) in [7, 11) is 2.94. The van der Waals surface area contributed by atoms with E-state index in [-0.39, 0.29) is 61.4 Å². The number of aliphatic hydroxyl groups excluding tert-OH is 3. The van der Waals surface area contributed by atoms with Crippen LogP contribution in [0.1, 0.15) is 145 Å². The number of nitrogens with zero attached hydrogens (tertiary/aromatic N) is 1. The molecule has 0 spiro atoms. The molecule has 4 aliphatic rings. The molecular weight excluding hydrogens is 899 g/mol. The number of hydrogen-bond acceptors (Lipinski definition) is 14. The van der Waals surface area contributed by atoms with Crippen molar-refractivity contribution in [3.8, 4) is 0 Å². The molecule has 70 heavy (non-hydrogen) atoms. The second kappa shape index (κ2) is 28.7. The van der Waals surface area contributed by atoms with Crippen LogP contribution in [0.4, 0.5) is 0 Å². The quantitative estimate of drug-likeness (QED) is 0.0733. The van der Waals surface area contributed by atoms with Gasteiger partial charge in [-0.3, -0.25) is 19.2 Å². The summed E-state index contributed by atoms with van der Waals surface area (Å²) in [6, 6.07) is -1.16. The van der Waals surface area contributed by atoms with Crippen LogP contribution in [0.25, 0.3) is 0 Å². The normalized spacial score (nSPS) is 38.4. The maximum absolute atomic E-state index is 14.5. The third-order valence-electron chi connectivity index (χ3n) is 15.3. The molecule has 1 amide bonds. The van der Waals surface area contributed by atoms with Crippen LogP contribution in [0.15, 0.2) is 47.6 Å². The lowest BCUT2D eigenvalue weighted by molar-refractivity contribution is -0.266. The zero-order chi connectivity index (χ0) is 51.7. The predicted octanol–water partition coefficient (Wildman–Crippen LogP) is 6.71. The molecule has 15 heteroatoms. The van der Waals surface area contributed by atoms with Crippen molar-refractivity contribution in [2.45, 2.75) is 199 Å². The van der Waals surface area contributed by atoms with E-state index in [1.807, 2.05) is 58.1 Å². The smallest absolute Gasteiger partial charge is 0.329 e. The second-order valence-electron chi connectivity index (χ2n) is 21.0. The molecule has 0 aromatic rings. The summed E-state index contributed by atoms with van der Waals surface area (Å²) in [4.78, 5) is 72.4. The van der Waals surface area contributed by atoms with E-state index in [1.54, 1.807) is 34.0 Å². The maximum atomic E-state index is 14.5. The molecule has 3 aliphatic heterocycles. The van der Waals surface area contributed by atoms with E-state index in [4.69, 9.17) is 23.7 Å². The molecule has 0 aromatic carbocycles. The summed E-state index contributed by atoms with van der Waals surface area (Å²) < 4.78 is 30.1. The molecule has 4 N–H and O–H groups in total. The zero-order valence-electron chi connectivity index (χ0n) is 43.6. The number of methoxy groups -OCH3 is 2. The minimum absolute atomic E-state index is 0.000802. The zero-order valence-corrected chi connectivity index (χ0v) is 43.6. The van der Waals surface area contributed by atoms with Gasteiger partial charge in [0.25, 0.3) is 11.7 Å². The maximum Gasteiger partial charge on any atom is 0.329 e. The SMILES string of the molecule is CO[C@@H]1C[C@H](C[C@@H](C)[C@@H]2CC(=O)[C@H](C)/C=C(\C)[C@@H](O)[C@@H](OC)C(=O)[C@H](C)C[C@H](C)/C=C/C=C/C=C(\C)[C@H](OCCCCCO)C[C@@H]3CC[C@@H](C)[C@@](O)(O3)C(=O)C(=O)N3CCCCC3C(=O)O2)CC[C@H]1O. The molecule has 2 bridgehead atoms. The molecule has 15 nitrogen and oxygen atoms in total. The van der Waals surface area contributed by atoms with E-state index < -0.39 is 83.9 Å². The van der Waals surface area contributed by atoms with Crippen LogP contribution in [-0.2, 0) is 47.7 Å². The number of ketones is 3. The number of unbranched alkanes of at least 4 members (excludes halogenated alkanes) is 2. The van der Waals surface area contributed by atoms with Gasteiger partial charge in [0.15, 0.2) is 5.78 Å². The Morgan fingerprint density at radius 1 is 0.857 bits per heavy atom. The first kappa shape index (κ1) is 59.2. The van der Waals surface area contributed by atoms with E-state index in [0.717, 1.165) is 18.4 Å². The van der Waals surface area contributed by atoms with Crippen LogP contribution in [0, 0.1) is 35.5 Å². The number of carbonyl (C=O) groups excluding carboxylic acids is 5. The van der Waals surface area contributed by atoms with Gasteiger partial charge in [-0.1, -0.05) is 71.1 Å². The minimum Gasteiger partial charge on any atom is -0.460 e. The average molecular weight is 986 g/mol. The monoisotopic (exact) mass is 986 g/mol. The summed E-state index contributed by atoms with van der Waals surface area (Å²) in [6.07, 6.45) is 13.1. The number of cyclic esters (lactones) is 1. The lowest BCUT2D eigenvalue weighted by Gasteiger charge is -2.43. The van der Waals surface area contributed by atoms with E-state index in [9.17, 15) is 44.4 Å². The standard InChI is InChI=1S/C55H87NO14/c1-34-18-12-10-13-19-35(2)46(68-27-17-11-16-26-57)32-42-23-21-40(7)55(65,70-42)52(62)53(63)56-25-15-14-20-43(56)54(64)69-47(37(4)30-41-22-24-44(58)48(31-41)66-8)33-45(59)36(3)29-39(6)50(61)51(67-9)49(60)38(5)28-34/h10,12-13,18-19,29,34,36-38,40-44,46-48,50-51,57-58,61,65H,11,14-17,20-28,30-33H2,1-9H3/b13-10+,18-12+,35-19+,39-29+/t34-,36-,37-,38-,40-,41+,42+,43?,44-,46-,47+,48-,50-,51+,55-/m1/s1. The fourth-order valence-electron chi connectivity index (χ4n) is 10.7. The molecule has 3 fully saturated rings. The van der Waals surface area contributed by atoms with Gasteiger partial charge in [-0.2, -0.15) is 0 Å². The number of piperidine rings is 1. The first-order valence-electron chi connectivity index (χ1n) is 26.1. The molecule has 15 atom stereocenters. The Kier molecular flexibility index (Phi) is 24.3. The van der Waals surface area contributed by atoms with Crippen molar-refractivity contribution >= 4 is 29.2 Å². The first-order chi connectivity index (χ1) is 33.2. The fourth-order valence-corrected chi connectivity index (χ4v) is 10.7. The van der Waals surface area contributed by atoms with Gasteiger partial charge in [-0.25, -0.2) is 4.79 Å². The van der Waals surface area contributed by atoms with Crippen molar-refractivity contribution in [1.82, 2.24) is 4.90 Å². The van der Waals surface area contributed by atoms with Crippen molar-refractivity contribution in [2.24, 2.45) is 35.5 Å². The molecule has 0 aromatic heterocycles. The highest BCUT2D eigenvalue weighted by atomic mass is 16.6. The van der Waals surface area contributed by atoms with Crippen molar-refractivity contribution < 1.29 is 68.1 Å². The van der Waals surface area contributed by atoms with Crippen LogP contribution >= 0.6 is 0 Å². The molecule has 396 valence electrons. The van der Waals surface area contributed by atoms with E-state index in [1.165, 1.54) is 12.0 Å². The Morgan fingerprint density at radius 3 is 2.30 bits per heavy atom. The number of aliphatic hydroxyl groups is 4. The first-order valence-corrected chi connectivity index (χ1v) is 26.1. The molecule has 0 radical (unpaired) electrons. The van der Waals surface area contributed by atoms with Gasteiger partial charge in [0.1, 0.15) is 30.1 Å². The Bertz CT molecular complexity index is 1840. The summed E-state index contributed by atoms with van der Waals surface area (Å²) >= 11 is 0. The van der Waals surface area contributed by atoms with Gasteiger partial charge in [0, 0.05) is 64.6 Å². The Morgan fingerprint density at radius 2 is 1.60 bits per heavy atom. The van der Waals surface area contributed by atoms with Gasteiger partial charge in [-0.05, 0) is 126 Å². The number of Topliss-reactive ketones (excluding diaryl/α,β-unsaturated/α-hetero) is 3. The molecule has 3 heterocycles. The number of rotatable bonds is 11. The van der Waals surface area contributed by atoms with Crippen LogP contribution in [0.3, 0.4) is 0 Å². The Balaban J connectivity index is 1.71. The highest BCUT2D eigenvalue weighted by Gasteiger charge is 2.53. The highest BCUT2D eigenvalue weighted by molar-refractivity contribution is 6.39. The Hall–Kier alpha value is -3.41. The Labute approximate surface area is 417 Å². The summed E-state index contributed by atoms with van der Waals surface area (Å²) in [5.74, 6) is -8.13. The van der Waals surface area contributed by atoms with Crippen molar-refractivity contribution in [2.75, 3.05) is 34.0 Å². The molecule has 1 aliphatic carbocycles. The molecule has 1 saturated carbocycles. The molecular formula is C55H87NO14. The number of amides is 1. The summed E-state index contributed by atoms with van der Waals surface area (Å²) in [6.45, 7) is 13.2. The van der Waals surface area contributed by atoms with Crippen LogP contribution in [-0.4, -0.2) is 143 Å². The van der Waals surface area contributed by atoms with Crippen LogP contribution in [0.2, 0.25) is 0 Å². The molecule has 2 saturated heterocycles. The van der Waals surface area contributed by atoms with Crippen LogP contribution < -0.4 is 0 Å². The average Bonchev–Trinajstić information content (AvgIpc) is 3.33. The lowest BCUT2D eigenvalue weighted by Crippen LogP contribution is -2.61. The predicted molar refractivity (Wildman–Crippen MR) is 265 cm³/mol. The minimum atomic E-state index is -2.46. The van der Waals surface area contributed by atoms with Gasteiger partial charge in [0.05, 0.1) is 24.4 Å². The van der Waals surface area contributed by atoms with Gasteiger partial charge in [0.2, 0.25) is 5.79 Å². The fraction of sp³-hybridized carbons (Fsp3) is 0.764.